The van der Waals surface area contributed by atoms with Gasteiger partial charge in [0.05, 0.1) is 12.7 Å². The van der Waals surface area contributed by atoms with Crippen molar-refractivity contribution < 1.29 is 14.7 Å². The third-order valence-corrected chi connectivity index (χ3v) is 6.71. The molecule has 4 nitrogen and oxygen atoms in total. The molecule has 0 bridgehead atoms. The Bertz CT molecular complexity index is 446. The van der Waals surface area contributed by atoms with Crippen molar-refractivity contribution in [1.29, 1.82) is 0 Å². The average molecular weight is 436 g/mol. The Balaban J connectivity index is 2.89. The summed E-state index contributed by atoms with van der Waals surface area (Å²) < 4.78 is 2.12. The summed E-state index contributed by atoms with van der Waals surface area (Å²) in [6.45, 7) is 1.41. The van der Waals surface area contributed by atoms with Crippen molar-refractivity contribution in [2.45, 2.75) is 13.0 Å². The Morgan fingerprint density at radius 2 is 1.88 bits per heavy atom. The molecule has 8 heteroatoms. The molecular weight excluding hydrogens is 430 g/mol. The molecule has 0 aliphatic rings. The molecule has 0 saturated carbocycles. The van der Waals surface area contributed by atoms with Crippen LogP contribution in [0.25, 0.3) is 0 Å². The van der Waals surface area contributed by atoms with Crippen LogP contribution in [0, 0.1) is 0 Å². The monoisotopic (exact) mass is 433 g/mol. The van der Waals surface area contributed by atoms with E-state index in [-0.39, 0.29) is 0 Å². The van der Waals surface area contributed by atoms with E-state index in [9.17, 15) is 9.59 Å². The number of nitrogens with one attached hydrogen (secondary N) is 1. The van der Waals surface area contributed by atoms with Crippen LogP contribution in [-0.4, -0.2) is 23.0 Å². The van der Waals surface area contributed by atoms with Crippen molar-refractivity contribution in [3.8, 4) is 0 Å². The second-order valence-corrected chi connectivity index (χ2v) is 6.79. The van der Waals surface area contributed by atoms with Crippen molar-refractivity contribution in [3.05, 3.63) is 17.6 Å². The lowest BCUT2D eigenvalue weighted by molar-refractivity contribution is -0.138. The molecule has 1 aromatic rings. The molecule has 1 atom stereocenters. The van der Waals surface area contributed by atoms with Crippen LogP contribution < -0.4 is 5.32 Å². The fourth-order valence-corrected chi connectivity index (χ4v) is 3.82. The molecule has 0 fully saturated rings. The van der Waals surface area contributed by atoms with E-state index in [1.165, 1.54) is 18.3 Å². The first kappa shape index (κ1) is 14.1. The highest BCUT2D eigenvalue weighted by Crippen LogP contribution is 2.40. The second-order valence-electron chi connectivity index (χ2n) is 2.87. The number of rotatable bonds is 3. The summed E-state index contributed by atoms with van der Waals surface area (Å²) in [7, 11) is 0. The molecule has 0 aromatic carbocycles. The molecule has 88 valence electrons. The van der Waals surface area contributed by atoms with E-state index in [0.717, 1.165) is 8.26 Å². The maximum Gasteiger partial charge on any atom is 0.325 e. The Hall–Kier alpha value is 0.0800. The number of aliphatic carboxylic acids is 1. The van der Waals surface area contributed by atoms with Gasteiger partial charge in [-0.25, -0.2) is 0 Å². The molecule has 0 radical (unpaired) electrons. The zero-order valence-corrected chi connectivity index (χ0v) is 13.5. The molecule has 1 aromatic heterocycles. The quantitative estimate of drug-likeness (QED) is 0.766. The third kappa shape index (κ3) is 3.06. The van der Waals surface area contributed by atoms with Crippen molar-refractivity contribution in [1.82, 2.24) is 5.32 Å². The zero-order valence-electron chi connectivity index (χ0n) is 7.88. The maximum atomic E-state index is 11.7. The summed E-state index contributed by atoms with van der Waals surface area (Å²) >= 11 is 11.0. The maximum absolute atomic E-state index is 11.7. The van der Waals surface area contributed by atoms with E-state index in [2.05, 4.69) is 53.1 Å². The van der Waals surface area contributed by atoms with E-state index < -0.39 is 17.9 Å². The van der Waals surface area contributed by atoms with Gasteiger partial charge in [0.2, 0.25) is 0 Å². The summed E-state index contributed by atoms with van der Waals surface area (Å²) in [6, 6.07) is -0.918. The number of hydrogen-bond donors (Lipinski definition) is 2. The number of amides is 1. The summed E-state index contributed by atoms with van der Waals surface area (Å²) in [4.78, 5) is 22.7. The second kappa shape index (κ2) is 5.61. The SMILES string of the molecule is C[C@H](NC(=O)c1sc(Br)c(Br)c1Br)C(=O)O. The smallest absolute Gasteiger partial charge is 0.325 e. The lowest BCUT2D eigenvalue weighted by Gasteiger charge is -2.07. The van der Waals surface area contributed by atoms with Crippen LogP contribution in [-0.2, 0) is 4.79 Å². The largest absolute Gasteiger partial charge is 0.480 e. The first-order valence-electron chi connectivity index (χ1n) is 4.01. The van der Waals surface area contributed by atoms with Gasteiger partial charge >= 0.3 is 5.97 Å². The first-order valence-corrected chi connectivity index (χ1v) is 7.21. The zero-order chi connectivity index (χ0) is 12.5. The minimum absolute atomic E-state index is 0.418. The van der Waals surface area contributed by atoms with Crippen LogP contribution in [0.3, 0.4) is 0 Å². The average Bonchev–Trinajstić information content (AvgIpc) is 2.45. The topological polar surface area (TPSA) is 66.4 Å². The number of thiophene rings is 1. The Labute approximate surface area is 121 Å². The summed E-state index contributed by atoms with van der Waals surface area (Å²) in [5.74, 6) is -1.49. The molecule has 0 spiro atoms. The number of carbonyl (C=O) groups excluding carboxylic acids is 1. The predicted molar refractivity (Wildman–Crippen MR) is 72.0 cm³/mol. The van der Waals surface area contributed by atoms with Crippen LogP contribution >= 0.6 is 59.1 Å². The van der Waals surface area contributed by atoms with Crippen molar-refractivity contribution in [3.63, 3.8) is 0 Å². The van der Waals surface area contributed by atoms with Gasteiger partial charge in [-0.2, -0.15) is 0 Å². The van der Waals surface area contributed by atoms with Crippen LogP contribution in [0.15, 0.2) is 12.7 Å². The normalized spacial score (nSPS) is 12.2. The Morgan fingerprint density at radius 3 is 2.25 bits per heavy atom. The molecule has 0 saturated heterocycles. The fourth-order valence-electron chi connectivity index (χ4n) is 0.835. The summed E-state index contributed by atoms with van der Waals surface area (Å²) in [5, 5.41) is 11.0. The van der Waals surface area contributed by atoms with Crippen LogP contribution in [0.4, 0.5) is 0 Å². The molecule has 0 aliphatic carbocycles. The molecule has 1 amide bonds. The van der Waals surface area contributed by atoms with Gasteiger partial charge in [0.25, 0.3) is 5.91 Å². The predicted octanol–water partition coefficient (Wildman–Crippen LogP) is 3.24. The van der Waals surface area contributed by atoms with Crippen molar-refractivity contribution in [2.75, 3.05) is 0 Å². The number of hydrogen-bond acceptors (Lipinski definition) is 3. The van der Waals surface area contributed by atoms with Crippen LogP contribution in [0.2, 0.25) is 0 Å². The van der Waals surface area contributed by atoms with Crippen LogP contribution in [0.5, 0.6) is 0 Å². The van der Waals surface area contributed by atoms with Crippen molar-refractivity contribution in [2.24, 2.45) is 0 Å². The van der Waals surface area contributed by atoms with E-state index in [1.807, 2.05) is 0 Å². The van der Waals surface area contributed by atoms with Gasteiger partial charge in [-0.05, 0) is 54.7 Å². The van der Waals surface area contributed by atoms with Gasteiger partial charge in [-0.15, -0.1) is 11.3 Å². The minimum atomic E-state index is -1.07. The van der Waals surface area contributed by atoms with Gasteiger partial charge in [0.15, 0.2) is 0 Å². The number of carboxylic acids is 1. The molecule has 16 heavy (non-hydrogen) atoms. The fraction of sp³-hybridized carbons (Fsp3) is 0.250. The number of carboxylic acid groups (broad SMARTS) is 1. The summed E-state index contributed by atoms with van der Waals surface area (Å²) in [6.07, 6.45) is 0. The van der Waals surface area contributed by atoms with Crippen LogP contribution in [0.1, 0.15) is 16.6 Å². The molecule has 0 aliphatic heterocycles. The molecule has 0 unspecified atom stereocenters. The van der Waals surface area contributed by atoms with Gasteiger partial charge < -0.3 is 10.4 Å². The highest BCUT2D eigenvalue weighted by atomic mass is 79.9. The lowest BCUT2D eigenvalue weighted by atomic mass is 10.3. The number of halogens is 3. The van der Waals surface area contributed by atoms with Gasteiger partial charge in [0, 0.05) is 0 Å². The Morgan fingerprint density at radius 1 is 1.31 bits per heavy atom. The van der Waals surface area contributed by atoms with Gasteiger partial charge in [-0.1, -0.05) is 0 Å². The first-order chi connectivity index (χ1) is 7.34. The Kier molecular flexibility index (Phi) is 4.96. The van der Waals surface area contributed by atoms with E-state index in [4.69, 9.17) is 5.11 Å². The molecular formula is C8H6Br3NO3S. The van der Waals surface area contributed by atoms with Crippen molar-refractivity contribution >= 4 is 71.0 Å². The van der Waals surface area contributed by atoms with Gasteiger partial charge in [-0.3, -0.25) is 9.59 Å². The van der Waals surface area contributed by atoms with Gasteiger partial charge in [0.1, 0.15) is 10.9 Å². The highest BCUT2D eigenvalue weighted by Gasteiger charge is 2.21. The highest BCUT2D eigenvalue weighted by molar-refractivity contribution is 9.14. The number of carbonyl (C=O) groups is 2. The third-order valence-electron chi connectivity index (χ3n) is 1.68. The van der Waals surface area contributed by atoms with E-state index >= 15 is 0 Å². The van der Waals surface area contributed by atoms with E-state index in [1.54, 1.807) is 0 Å². The summed E-state index contributed by atoms with van der Waals surface area (Å²) in [5.41, 5.74) is 0. The molecule has 1 rings (SSSR count). The molecule has 2 N–H and O–H groups in total. The standard InChI is InChI=1S/C8H6Br3NO3S/c1-2(8(14)15)12-7(13)5-3(9)4(10)6(11)16-5/h2H,1H3,(H,12,13)(H,14,15)/t2-/m0/s1. The minimum Gasteiger partial charge on any atom is -0.480 e. The van der Waals surface area contributed by atoms with E-state index in [0.29, 0.717) is 9.35 Å². The lowest BCUT2D eigenvalue weighted by Crippen LogP contribution is -2.38. The molecule has 1 heterocycles.